The zero-order chi connectivity index (χ0) is 17.9. The fourth-order valence-corrected chi connectivity index (χ4v) is 2.16. The first-order valence-corrected chi connectivity index (χ1v) is 6.98. The molecule has 0 aliphatic carbocycles. The number of aliphatic hydroxyl groups excluding tert-OH is 1. The Morgan fingerprint density at radius 3 is 2.33 bits per heavy atom. The first-order chi connectivity index (χ1) is 11.3. The Morgan fingerprint density at radius 1 is 1.17 bits per heavy atom. The number of halogens is 2. The molecule has 6 nitrogen and oxygen atoms in total. The van der Waals surface area contributed by atoms with Crippen molar-refractivity contribution in [3.63, 3.8) is 0 Å². The van der Waals surface area contributed by atoms with Crippen LogP contribution < -0.4 is 5.32 Å². The molecule has 8 heteroatoms. The van der Waals surface area contributed by atoms with E-state index in [1.165, 1.54) is 19.1 Å². The average Bonchev–Trinajstić information content (AvgIpc) is 2.54. The Hall–Kier alpha value is -2.87. The van der Waals surface area contributed by atoms with E-state index >= 15 is 0 Å². The molecule has 0 spiro atoms. The number of hydrogen-bond acceptors (Lipinski definition) is 4. The van der Waals surface area contributed by atoms with Crippen LogP contribution in [0, 0.1) is 21.7 Å². The fourth-order valence-electron chi connectivity index (χ4n) is 2.16. The Labute approximate surface area is 135 Å². The molecule has 2 aromatic carbocycles. The number of aliphatic hydroxyl groups is 1. The van der Waals surface area contributed by atoms with Gasteiger partial charge in [0.05, 0.1) is 23.1 Å². The number of carbonyl (C=O) groups is 1. The molecule has 126 valence electrons. The van der Waals surface area contributed by atoms with E-state index in [1.807, 2.05) is 0 Å². The smallest absolute Gasteiger partial charge is 0.285 e. The number of nitrogens with one attached hydrogen (secondary N) is 1. The van der Waals surface area contributed by atoms with Gasteiger partial charge in [0, 0.05) is 0 Å². The third kappa shape index (κ3) is 3.90. The van der Waals surface area contributed by atoms with Crippen LogP contribution in [0.2, 0.25) is 0 Å². The highest BCUT2D eigenvalue weighted by molar-refractivity contribution is 5.98. The van der Waals surface area contributed by atoms with Crippen molar-refractivity contribution in [3.8, 4) is 0 Å². The summed E-state index contributed by atoms with van der Waals surface area (Å²) < 4.78 is 26.0. The molecule has 0 aliphatic heterocycles. The highest BCUT2D eigenvalue weighted by atomic mass is 19.1. The molecule has 0 saturated carbocycles. The van der Waals surface area contributed by atoms with Gasteiger partial charge in [-0.25, -0.2) is 8.78 Å². The summed E-state index contributed by atoms with van der Waals surface area (Å²) in [6.07, 6.45) is -1.14. The van der Waals surface area contributed by atoms with E-state index in [2.05, 4.69) is 5.32 Å². The lowest BCUT2D eigenvalue weighted by Crippen LogP contribution is -2.37. The van der Waals surface area contributed by atoms with Gasteiger partial charge in [-0.1, -0.05) is 12.1 Å². The van der Waals surface area contributed by atoms with Gasteiger partial charge in [-0.2, -0.15) is 0 Å². The number of rotatable bonds is 5. The second kappa shape index (κ2) is 7.14. The summed E-state index contributed by atoms with van der Waals surface area (Å²) in [5.74, 6) is -2.13. The number of benzene rings is 2. The quantitative estimate of drug-likeness (QED) is 0.648. The number of nitro benzene ring substituents is 1. The standard InChI is InChI=1S/C16H14F2N2O4/c1-9(15(21)10-2-4-11(17)5-3-10)19-16(22)13-7-6-12(18)8-14(13)20(23)24/h2-9,15,21H,1H3,(H,19,22). The molecular weight excluding hydrogens is 322 g/mol. The molecule has 0 fully saturated rings. The van der Waals surface area contributed by atoms with Gasteiger partial charge in [-0.05, 0) is 36.8 Å². The molecule has 0 aromatic heterocycles. The zero-order valence-electron chi connectivity index (χ0n) is 12.6. The lowest BCUT2D eigenvalue weighted by molar-refractivity contribution is -0.385. The average molecular weight is 336 g/mol. The van der Waals surface area contributed by atoms with Crippen LogP contribution in [0.15, 0.2) is 42.5 Å². The van der Waals surface area contributed by atoms with E-state index in [1.54, 1.807) is 0 Å². The second-order valence-corrected chi connectivity index (χ2v) is 5.18. The highest BCUT2D eigenvalue weighted by Crippen LogP contribution is 2.21. The van der Waals surface area contributed by atoms with Gasteiger partial charge in [0.25, 0.3) is 11.6 Å². The Kier molecular flexibility index (Phi) is 5.20. The van der Waals surface area contributed by atoms with Crippen molar-refractivity contribution in [1.82, 2.24) is 5.32 Å². The molecular formula is C16H14F2N2O4. The lowest BCUT2D eigenvalue weighted by atomic mass is 10.0. The number of carbonyl (C=O) groups excluding carboxylic acids is 1. The third-order valence-corrected chi connectivity index (χ3v) is 3.44. The largest absolute Gasteiger partial charge is 0.386 e. The van der Waals surface area contributed by atoms with Gasteiger partial charge >= 0.3 is 0 Å². The van der Waals surface area contributed by atoms with Crippen LogP contribution in [0.25, 0.3) is 0 Å². The number of nitrogens with zero attached hydrogens (tertiary/aromatic N) is 1. The third-order valence-electron chi connectivity index (χ3n) is 3.44. The van der Waals surface area contributed by atoms with Crippen molar-refractivity contribution in [2.75, 3.05) is 0 Å². The maximum atomic E-state index is 13.1. The summed E-state index contributed by atoms with van der Waals surface area (Å²) in [4.78, 5) is 22.2. The fraction of sp³-hybridized carbons (Fsp3) is 0.188. The molecule has 0 bridgehead atoms. The SMILES string of the molecule is CC(NC(=O)c1ccc(F)cc1[N+](=O)[O-])C(O)c1ccc(F)cc1. The normalized spacial score (nSPS) is 13.2. The maximum Gasteiger partial charge on any atom is 0.285 e. The van der Waals surface area contributed by atoms with E-state index in [0.717, 1.165) is 24.3 Å². The van der Waals surface area contributed by atoms with Crippen molar-refractivity contribution >= 4 is 11.6 Å². The summed E-state index contributed by atoms with van der Waals surface area (Å²) in [5, 5.41) is 23.5. The molecule has 24 heavy (non-hydrogen) atoms. The first-order valence-electron chi connectivity index (χ1n) is 6.98. The molecule has 0 radical (unpaired) electrons. The van der Waals surface area contributed by atoms with Gasteiger partial charge < -0.3 is 10.4 Å². The Bertz CT molecular complexity index is 765. The van der Waals surface area contributed by atoms with Crippen molar-refractivity contribution in [2.24, 2.45) is 0 Å². The van der Waals surface area contributed by atoms with Gasteiger partial charge in [0.2, 0.25) is 0 Å². The minimum absolute atomic E-state index is 0.320. The molecule has 2 aromatic rings. The minimum atomic E-state index is -1.14. The van der Waals surface area contributed by atoms with Gasteiger partial charge in [0.15, 0.2) is 0 Å². The monoisotopic (exact) mass is 336 g/mol. The predicted molar refractivity (Wildman–Crippen MR) is 81.3 cm³/mol. The van der Waals surface area contributed by atoms with Crippen LogP contribution in [-0.2, 0) is 0 Å². The molecule has 0 heterocycles. The predicted octanol–water partition coefficient (Wildman–Crippen LogP) is 2.72. The van der Waals surface area contributed by atoms with Gasteiger partial charge in [-0.3, -0.25) is 14.9 Å². The number of hydrogen-bond donors (Lipinski definition) is 2. The van der Waals surface area contributed by atoms with Gasteiger partial charge in [-0.15, -0.1) is 0 Å². The van der Waals surface area contributed by atoms with E-state index in [-0.39, 0.29) is 5.56 Å². The van der Waals surface area contributed by atoms with Gasteiger partial charge in [0.1, 0.15) is 17.2 Å². The minimum Gasteiger partial charge on any atom is -0.386 e. The number of amides is 1. The molecule has 2 unspecified atom stereocenters. The molecule has 2 atom stereocenters. The Morgan fingerprint density at radius 2 is 1.75 bits per heavy atom. The van der Waals surface area contributed by atoms with E-state index in [4.69, 9.17) is 0 Å². The summed E-state index contributed by atoms with van der Waals surface area (Å²) >= 11 is 0. The summed E-state index contributed by atoms with van der Waals surface area (Å²) in [7, 11) is 0. The summed E-state index contributed by atoms with van der Waals surface area (Å²) in [5.41, 5.74) is -0.617. The topological polar surface area (TPSA) is 92.5 Å². The highest BCUT2D eigenvalue weighted by Gasteiger charge is 2.24. The van der Waals surface area contributed by atoms with Crippen molar-refractivity contribution in [2.45, 2.75) is 19.1 Å². The van der Waals surface area contributed by atoms with E-state index in [0.29, 0.717) is 11.6 Å². The molecule has 2 rings (SSSR count). The van der Waals surface area contributed by atoms with Crippen LogP contribution in [0.3, 0.4) is 0 Å². The van der Waals surface area contributed by atoms with Crippen LogP contribution in [0.4, 0.5) is 14.5 Å². The van der Waals surface area contributed by atoms with Crippen molar-refractivity contribution < 1.29 is 23.6 Å². The lowest BCUT2D eigenvalue weighted by Gasteiger charge is -2.20. The van der Waals surface area contributed by atoms with Crippen LogP contribution in [0.5, 0.6) is 0 Å². The van der Waals surface area contributed by atoms with E-state index in [9.17, 15) is 28.8 Å². The van der Waals surface area contributed by atoms with Crippen molar-refractivity contribution in [3.05, 3.63) is 75.3 Å². The molecule has 0 saturated heterocycles. The van der Waals surface area contributed by atoms with E-state index < -0.39 is 40.3 Å². The second-order valence-electron chi connectivity index (χ2n) is 5.18. The van der Waals surface area contributed by atoms with Crippen LogP contribution in [-0.4, -0.2) is 22.0 Å². The first kappa shape index (κ1) is 17.5. The number of nitro groups is 1. The van der Waals surface area contributed by atoms with Crippen LogP contribution >= 0.6 is 0 Å². The summed E-state index contributed by atoms with van der Waals surface area (Å²) in [6, 6.07) is 6.83. The summed E-state index contributed by atoms with van der Waals surface area (Å²) in [6.45, 7) is 1.49. The molecule has 1 amide bonds. The van der Waals surface area contributed by atoms with Crippen LogP contribution in [0.1, 0.15) is 28.9 Å². The Balaban J connectivity index is 2.17. The molecule has 0 aliphatic rings. The zero-order valence-corrected chi connectivity index (χ0v) is 12.6. The maximum absolute atomic E-state index is 13.1. The molecule has 2 N–H and O–H groups in total. The van der Waals surface area contributed by atoms with Crippen molar-refractivity contribution in [1.29, 1.82) is 0 Å².